The molecule has 0 bridgehead atoms. The number of carbonyl (C=O) groups excluding carboxylic acids is 1. The van der Waals surface area contributed by atoms with Crippen molar-refractivity contribution in [2.24, 2.45) is 5.73 Å². The zero-order valence-corrected chi connectivity index (χ0v) is 7.81. The number of nitrogens with two attached hydrogens (primary N) is 1. The van der Waals surface area contributed by atoms with Gasteiger partial charge in [0.25, 0.3) is 5.91 Å². The van der Waals surface area contributed by atoms with Crippen LogP contribution in [0.5, 0.6) is 0 Å². The van der Waals surface area contributed by atoms with Gasteiger partial charge in [-0.1, -0.05) is 0 Å². The van der Waals surface area contributed by atoms with Gasteiger partial charge in [-0.2, -0.15) is 0 Å². The molecule has 0 aliphatic carbocycles. The van der Waals surface area contributed by atoms with Crippen LogP contribution in [0.4, 0.5) is 0 Å². The fourth-order valence-electron chi connectivity index (χ4n) is 0.799. The fraction of sp³-hybridized carbons (Fsp3) is 0.375. The van der Waals surface area contributed by atoms with Gasteiger partial charge < -0.3 is 10.8 Å². The first-order valence-corrected chi connectivity index (χ1v) is 4.35. The third-order valence-electron chi connectivity index (χ3n) is 1.45. The summed E-state index contributed by atoms with van der Waals surface area (Å²) in [5, 5.41) is 9.54. The maximum atomic E-state index is 10.7. The lowest BCUT2D eigenvalue weighted by Crippen LogP contribution is -2.13. The maximum absolute atomic E-state index is 10.7. The summed E-state index contributed by atoms with van der Waals surface area (Å²) in [4.78, 5) is 11.9. The molecule has 3 N–H and O–H groups in total. The zero-order valence-electron chi connectivity index (χ0n) is 7.00. The molecule has 1 amide bonds. The van der Waals surface area contributed by atoms with Gasteiger partial charge in [0.2, 0.25) is 0 Å². The fourth-order valence-corrected chi connectivity index (χ4v) is 1.66. The van der Waals surface area contributed by atoms with Crippen molar-refractivity contribution in [2.45, 2.75) is 19.4 Å². The van der Waals surface area contributed by atoms with E-state index in [0.29, 0.717) is 4.88 Å². The van der Waals surface area contributed by atoms with Gasteiger partial charge in [-0.3, -0.25) is 4.79 Å². The summed E-state index contributed by atoms with van der Waals surface area (Å²) in [6, 6.07) is 3.34. The highest BCUT2D eigenvalue weighted by atomic mass is 32.1. The predicted molar refractivity (Wildman–Crippen MR) is 48.1 cm³/mol. The van der Waals surface area contributed by atoms with Gasteiger partial charge >= 0.3 is 0 Å². The Balaban J connectivity index is 3.00. The minimum Gasteiger partial charge on any atom is -0.385 e. The van der Waals surface area contributed by atoms with E-state index in [0.717, 1.165) is 4.88 Å². The first-order valence-electron chi connectivity index (χ1n) is 3.54. The number of carbonyl (C=O) groups is 1. The van der Waals surface area contributed by atoms with Crippen molar-refractivity contribution < 1.29 is 9.90 Å². The first-order chi connectivity index (χ1) is 5.41. The van der Waals surface area contributed by atoms with E-state index in [4.69, 9.17) is 5.73 Å². The molecule has 66 valence electrons. The van der Waals surface area contributed by atoms with E-state index >= 15 is 0 Å². The summed E-state index contributed by atoms with van der Waals surface area (Å²) in [6.45, 7) is 3.34. The highest BCUT2D eigenvalue weighted by Crippen LogP contribution is 2.27. The molecule has 12 heavy (non-hydrogen) atoms. The van der Waals surface area contributed by atoms with Crippen LogP contribution in [0.3, 0.4) is 0 Å². The molecule has 0 spiro atoms. The van der Waals surface area contributed by atoms with Crippen molar-refractivity contribution >= 4 is 17.2 Å². The summed E-state index contributed by atoms with van der Waals surface area (Å²) < 4.78 is 0. The smallest absolute Gasteiger partial charge is 0.258 e. The SMILES string of the molecule is CC(C)(O)c1ccc(C(N)=O)s1. The van der Waals surface area contributed by atoms with Crippen molar-refractivity contribution in [1.82, 2.24) is 0 Å². The lowest BCUT2D eigenvalue weighted by molar-refractivity contribution is 0.0825. The standard InChI is InChI=1S/C8H11NO2S/c1-8(2,11)6-4-3-5(12-6)7(9)10/h3-4,11H,1-2H3,(H2,9,10). The van der Waals surface area contributed by atoms with Gasteiger partial charge in [0.05, 0.1) is 10.5 Å². The van der Waals surface area contributed by atoms with E-state index in [1.807, 2.05) is 0 Å². The molecule has 0 aliphatic rings. The number of aliphatic hydroxyl groups is 1. The molecule has 3 nitrogen and oxygen atoms in total. The van der Waals surface area contributed by atoms with Crippen LogP contribution >= 0.6 is 11.3 Å². The molecule has 0 saturated heterocycles. The van der Waals surface area contributed by atoms with E-state index < -0.39 is 11.5 Å². The Morgan fingerprint density at radius 2 is 2.17 bits per heavy atom. The Bertz CT molecular complexity index is 298. The second-order valence-corrected chi connectivity index (χ2v) is 4.17. The Labute approximate surface area is 74.8 Å². The molecule has 0 radical (unpaired) electrons. The second-order valence-electron chi connectivity index (χ2n) is 3.09. The molecule has 0 aliphatic heterocycles. The Morgan fingerprint density at radius 3 is 2.42 bits per heavy atom. The van der Waals surface area contributed by atoms with Crippen LogP contribution in [0.2, 0.25) is 0 Å². The summed E-state index contributed by atoms with van der Waals surface area (Å²) in [7, 11) is 0. The number of hydrogen-bond donors (Lipinski definition) is 2. The van der Waals surface area contributed by atoms with Crippen molar-refractivity contribution in [3.05, 3.63) is 21.9 Å². The summed E-state index contributed by atoms with van der Waals surface area (Å²) in [5.74, 6) is -0.449. The minimum atomic E-state index is -0.891. The quantitative estimate of drug-likeness (QED) is 0.724. The third-order valence-corrected chi connectivity index (χ3v) is 2.86. The van der Waals surface area contributed by atoms with E-state index in [9.17, 15) is 9.90 Å². The highest BCUT2D eigenvalue weighted by molar-refractivity contribution is 7.14. The molecular weight excluding hydrogens is 174 g/mol. The number of rotatable bonds is 2. The zero-order chi connectivity index (χ0) is 9.35. The van der Waals surface area contributed by atoms with E-state index in [2.05, 4.69) is 0 Å². The largest absolute Gasteiger partial charge is 0.385 e. The van der Waals surface area contributed by atoms with Gasteiger partial charge in [-0.15, -0.1) is 11.3 Å². The van der Waals surface area contributed by atoms with Crippen LogP contribution in [0.15, 0.2) is 12.1 Å². The number of thiophene rings is 1. The van der Waals surface area contributed by atoms with Crippen LogP contribution < -0.4 is 5.73 Å². The molecule has 0 fully saturated rings. The van der Waals surface area contributed by atoms with Crippen LogP contribution in [-0.4, -0.2) is 11.0 Å². The number of hydrogen-bond acceptors (Lipinski definition) is 3. The lowest BCUT2D eigenvalue weighted by Gasteiger charge is -2.13. The summed E-state index contributed by atoms with van der Waals surface area (Å²) in [5.41, 5.74) is 4.17. The monoisotopic (exact) mass is 185 g/mol. The average Bonchev–Trinajstić information content (AvgIpc) is 2.30. The van der Waals surface area contributed by atoms with Crippen molar-refractivity contribution in [2.75, 3.05) is 0 Å². The number of primary amides is 1. The van der Waals surface area contributed by atoms with E-state index in [1.165, 1.54) is 11.3 Å². The molecule has 0 atom stereocenters. The molecule has 0 aromatic carbocycles. The van der Waals surface area contributed by atoms with Gasteiger partial charge in [0, 0.05) is 4.88 Å². The lowest BCUT2D eigenvalue weighted by atomic mass is 10.1. The first kappa shape index (κ1) is 9.22. The van der Waals surface area contributed by atoms with Crippen molar-refractivity contribution in [3.63, 3.8) is 0 Å². The second kappa shape index (κ2) is 2.88. The molecule has 0 saturated carbocycles. The van der Waals surface area contributed by atoms with E-state index in [-0.39, 0.29) is 0 Å². The summed E-state index contributed by atoms with van der Waals surface area (Å²) >= 11 is 1.22. The topological polar surface area (TPSA) is 63.3 Å². The van der Waals surface area contributed by atoms with E-state index in [1.54, 1.807) is 26.0 Å². The van der Waals surface area contributed by atoms with Gasteiger partial charge in [-0.25, -0.2) is 0 Å². The number of amides is 1. The van der Waals surface area contributed by atoms with Crippen LogP contribution in [0, 0.1) is 0 Å². The molecular formula is C8H11NO2S. The summed E-state index contributed by atoms with van der Waals surface area (Å²) in [6.07, 6.45) is 0. The highest BCUT2D eigenvalue weighted by Gasteiger charge is 2.19. The Morgan fingerprint density at radius 1 is 1.58 bits per heavy atom. The molecule has 1 aromatic heterocycles. The van der Waals surface area contributed by atoms with Crippen molar-refractivity contribution in [3.8, 4) is 0 Å². The maximum Gasteiger partial charge on any atom is 0.258 e. The Hall–Kier alpha value is -0.870. The third kappa shape index (κ3) is 1.84. The minimum absolute atomic E-state index is 0.449. The average molecular weight is 185 g/mol. The van der Waals surface area contributed by atoms with Gasteiger partial charge in [0.1, 0.15) is 0 Å². The van der Waals surface area contributed by atoms with Gasteiger partial charge in [-0.05, 0) is 26.0 Å². The normalized spacial score (nSPS) is 11.6. The molecule has 1 aromatic rings. The van der Waals surface area contributed by atoms with Crippen LogP contribution in [0.1, 0.15) is 28.4 Å². The van der Waals surface area contributed by atoms with Crippen molar-refractivity contribution in [1.29, 1.82) is 0 Å². The molecule has 1 heterocycles. The Kier molecular flexibility index (Phi) is 2.21. The van der Waals surface area contributed by atoms with Gasteiger partial charge in [0.15, 0.2) is 0 Å². The van der Waals surface area contributed by atoms with Crippen LogP contribution in [-0.2, 0) is 5.60 Å². The molecule has 4 heteroatoms. The molecule has 1 rings (SSSR count). The predicted octanol–water partition coefficient (Wildman–Crippen LogP) is 1.07. The van der Waals surface area contributed by atoms with Crippen LogP contribution in [0.25, 0.3) is 0 Å². The molecule has 0 unspecified atom stereocenters.